The summed E-state index contributed by atoms with van der Waals surface area (Å²) in [6.45, 7) is 0.774. The molecule has 3 fully saturated rings. The van der Waals surface area contributed by atoms with Crippen molar-refractivity contribution in [3.63, 3.8) is 0 Å². The van der Waals surface area contributed by atoms with Gasteiger partial charge in [0.15, 0.2) is 0 Å². The molecule has 3 saturated heterocycles. The lowest BCUT2D eigenvalue weighted by molar-refractivity contribution is -0.130. The van der Waals surface area contributed by atoms with Gasteiger partial charge in [-0.15, -0.1) is 0 Å². The van der Waals surface area contributed by atoms with Gasteiger partial charge in [0.05, 0.1) is 31.2 Å². The maximum absolute atomic E-state index is 13.3. The van der Waals surface area contributed by atoms with Crippen molar-refractivity contribution in [1.29, 1.82) is 0 Å². The van der Waals surface area contributed by atoms with Crippen molar-refractivity contribution in [2.24, 2.45) is 5.92 Å². The molecule has 1 aromatic carbocycles. The third kappa shape index (κ3) is 1.84. The van der Waals surface area contributed by atoms with Crippen LogP contribution >= 0.6 is 0 Å². The van der Waals surface area contributed by atoms with E-state index in [9.17, 15) is 9.59 Å². The number of carbonyl (C=O) groups excluding carboxylic acids is 2. The van der Waals surface area contributed by atoms with Gasteiger partial charge in [0.25, 0.3) is 0 Å². The van der Waals surface area contributed by atoms with E-state index in [1.165, 1.54) is 0 Å². The normalized spacial score (nSPS) is 38.4. The van der Waals surface area contributed by atoms with Crippen molar-refractivity contribution in [2.75, 3.05) is 18.6 Å². The summed E-state index contributed by atoms with van der Waals surface area (Å²) in [5.74, 6) is 1.00. The average molecular weight is 366 g/mol. The summed E-state index contributed by atoms with van der Waals surface area (Å²) >= 11 is 0. The monoisotopic (exact) mass is 366 g/mol. The Morgan fingerprint density at radius 2 is 2.15 bits per heavy atom. The fourth-order valence-electron chi connectivity index (χ4n) is 5.93. The van der Waals surface area contributed by atoms with Crippen LogP contribution in [0.25, 0.3) is 0 Å². The zero-order chi connectivity index (χ0) is 18.3. The minimum absolute atomic E-state index is 0.0380. The summed E-state index contributed by atoms with van der Waals surface area (Å²) in [7, 11) is 1.64. The first-order valence-corrected chi connectivity index (χ1v) is 9.80. The van der Waals surface area contributed by atoms with E-state index in [4.69, 9.17) is 9.47 Å². The Bertz CT molecular complexity index is 896. The van der Waals surface area contributed by atoms with Crippen LogP contribution in [0.1, 0.15) is 37.3 Å². The smallest absolute Gasteiger partial charge is 0.233 e. The van der Waals surface area contributed by atoms with Crippen LogP contribution in [0.15, 0.2) is 30.4 Å². The number of hydrogen-bond donors (Lipinski definition) is 0. The van der Waals surface area contributed by atoms with E-state index in [1.54, 1.807) is 7.11 Å². The lowest BCUT2D eigenvalue weighted by Crippen LogP contribution is -2.50. The van der Waals surface area contributed by atoms with Crippen LogP contribution in [-0.4, -0.2) is 48.1 Å². The Morgan fingerprint density at radius 1 is 1.26 bits per heavy atom. The predicted octanol–water partition coefficient (Wildman–Crippen LogP) is 2.19. The van der Waals surface area contributed by atoms with Gasteiger partial charge >= 0.3 is 0 Å². The van der Waals surface area contributed by atoms with Gasteiger partial charge in [-0.1, -0.05) is 12.2 Å². The number of hydrogen-bond acceptors (Lipinski definition) is 4. The molecule has 140 valence electrons. The number of amides is 2. The molecule has 0 aliphatic carbocycles. The Labute approximate surface area is 157 Å². The van der Waals surface area contributed by atoms with E-state index >= 15 is 0 Å². The second kappa shape index (κ2) is 5.13. The maximum atomic E-state index is 13.3. The zero-order valence-corrected chi connectivity index (χ0v) is 15.3. The highest BCUT2D eigenvalue weighted by molar-refractivity contribution is 6.02. The summed E-state index contributed by atoms with van der Waals surface area (Å²) in [5.41, 5.74) is 1.40. The fraction of sp³-hybridized carbons (Fsp3) is 0.524. The molecule has 5 aliphatic rings. The van der Waals surface area contributed by atoms with Gasteiger partial charge in [-0.2, -0.15) is 0 Å². The largest absolute Gasteiger partial charge is 0.497 e. The summed E-state index contributed by atoms with van der Waals surface area (Å²) in [6.07, 6.45) is 7.26. The Kier molecular flexibility index (Phi) is 2.98. The van der Waals surface area contributed by atoms with E-state index in [1.807, 2.05) is 28.0 Å². The third-order valence-corrected chi connectivity index (χ3v) is 7.09. The van der Waals surface area contributed by atoms with Gasteiger partial charge in [-0.25, -0.2) is 0 Å². The molecule has 1 aromatic rings. The van der Waals surface area contributed by atoms with Crippen molar-refractivity contribution in [3.8, 4) is 5.75 Å². The summed E-state index contributed by atoms with van der Waals surface area (Å²) in [5, 5.41) is 0. The molecule has 2 bridgehead atoms. The van der Waals surface area contributed by atoms with Gasteiger partial charge in [-0.05, 0) is 37.5 Å². The number of anilines is 1. The molecule has 0 unspecified atom stereocenters. The van der Waals surface area contributed by atoms with Gasteiger partial charge in [0, 0.05) is 24.2 Å². The molecule has 0 radical (unpaired) electrons. The number of ether oxygens (including phenoxy) is 2. The quantitative estimate of drug-likeness (QED) is 0.753. The summed E-state index contributed by atoms with van der Waals surface area (Å²) in [4.78, 5) is 29.8. The third-order valence-electron chi connectivity index (χ3n) is 7.09. The van der Waals surface area contributed by atoms with Gasteiger partial charge in [-0.3, -0.25) is 9.59 Å². The zero-order valence-electron chi connectivity index (χ0n) is 15.3. The lowest BCUT2D eigenvalue weighted by atomic mass is 9.78. The second-order valence-corrected chi connectivity index (χ2v) is 8.25. The molecule has 5 aliphatic heterocycles. The standard InChI is InChI=1S/C21H22N2O4/c1-26-12-4-5-16-14(9-12)17(22-8-2-3-19(22)24)11-18-21-7-6-13(27-21)10-15(21)20(25)23(16)18/h4-7,9,13,15,17-18H,2-3,8,10-11H2,1H3/t13-,15+,17+,18+,21+/m1/s1. The first kappa shape index (κ1) is 15.7. The number of rotatable bonds is 2. The number of fused-ring (bicyclic) bond motifs is 4. The highest BCUT2D eigenvalue weighted by Gasteiger charge is 2.67. The molecule has 6 heteroatoms. The Hall–Kier alpha value is -2.34. The van der Waals surface area contributed by atoms with E-state index in [0.29, 0.717) is 12.8 Å². The first-order chi connectivity index (χ1) is 13.1. The van der Waals surface area contributed by atoms with Crippen molar-refractivity contribution in [3.05, 3.63) is 35.9 Å². The lowest BCUT2D eigenvalue weighted by Gasteiger charge is -2.44. The van der Waals surface area contributed by atoms with Crippen LogP contribution in [0.5, 0.6) is 5.75 Å². The highest BCUT2D eigenvalue weighted by Crippen LogP contribution is 2.58. The summed E-state index contributed by atoms with van der Waals surface area (Å²) < 4.78 is 11.8. The summed E-state index contributed by atoms with van der Waals surface area (Å²) in [6, 6.07) is 5.77. The van der Waals surface area contributed by atoms with Crippen LogP contribution in [0.4, 0.5) is 5.69 Å². The Morgan fingerprint density at radius 3 is 2.89 bits per heavy atom. The van der Waals surface area contributed by atoms with Crippen LogP contribution in [0.2, 0.25) is 0 Å². The molecule has 0 saturated carbocycles. The molecule has 1 spiro atoms. The Balaban J connectivity index is 1.52. The molecular formula is C21H22N2O4. The molecule has 27 heavy (non-hydrogen) atoms. The van der Waals surface area contributed by atoms with Crippen LogP contribution in [0, 0.1) is 5.92 Å². The second-order valence-electron chi connectivity index (χ2n) is 8.25. The minimum atomic E-state index is -0.527. The van der Waals surface area contributed by atoms with Crippen molar-refractivity contribution in [2.45, 2.75) is 49.5 Å². The van der Waals surface area contributed by atoms with E-state index in [0.717, 1.165) is 36.4 Å². The van der Waals surface area contributed by atoms with E-state index in [-0.39, 0.29) is 35.9 Å². The topological polar surface area (TPSA) is 59.1 Å². The molecule has 5 atom stereocenters. The SMILES string of the molecule is COc1ccc2c(c1)[C@@H](N1CCCC1=O)C[C@@H]1N2C(=O)[C@@H]2C[C@H]3C=C[C@@]12O3. The first-order valence-electron chi connectivity index (χ1n) is 9.80. The molecule has 2 amide bonds. The molecule has 6 rings (SSSR count). The van der Waals surface area contributed by atoms with Crippen molar-refractivity contribution < 1.29 is 19.1 Å². The van der Waals surface area contributed by atoms with E-state index in [2.05, 4.69) is 12.2 Å². The van der Waals surface area contributed by atoms with E-state index < -0.39 is 5.60 Å². The molecule has 0 N–H and O–H groups in total. The van der Waals surface area contributed by atoms with Crippen molar-refractivity contribution >= 4 is 17.5 Å². The number of carbonyl (C=O) groups is 2. The van der Waals surface area contributed by atoms with Gasteiger partial charge in [0.1, 0.15) is 11.4 Å². The fourth-order valence-corrected chi connectivity index (χ4v) is 5.93. The molecule has 0 aromatic heterocycles. The minimum Gasteiger partial charge on any atom is -0.497 e. The van der Waals surface area contributed by atoms with Gasteiger partial charge < -0.3 is 19.3 Å². The predicted molar refractivity (Wildman–Crippen MR) is 97.4 cm³/mol. The number of benzene rings is 1. The van der Waals surface area contributed by atoms with Crippen LogP contribution < -0.4 is 9.64 Å². The van der Waals surface area contributed by atoms with Crippen molar-refractivity contribution in [1.82, 2.24) is 4.90 Å². The number of methoxy groups -OCH3 is 1. The average Bonchev–Trinajstić information content (AvgIpc) is 3.43. The number of likely N-dealkylation sites (tertiary alicyclic amines) is 1. The van der Waals surface area contributed by atoms with Crippen LogP contribution in [0.3, 0.4) is 0 Å². The highest BCUT2D eigenvalue weighted by atomic mass is 16.5. The molecule has 6 nitrogen and oxygen atoms in total. The molecule has 5 heterocycles. The van der Waals surface area contributed by atoms with Crippen LogP contribution in [-0.2, 0) is 14.3 Å². The molecular weight excluding hydrogens is 344 g/mol. The number of nitrogens with zero attached hydrogens (tertiary/aromatic N) is 2. The maximum Gasteiger partial charge on any atom is 0.233 e. The van der Waals surface area contributed by atoms with Gasteiger partial charge in [0.2, 0.25) is 11.8 Å².